The molecule has 1 saturated carbocycles. The maximum Gasteiger partial charge on any atom is 0.256 e. The Bertz CT molecular complexity index is 807. The van der Waals surface area contributed by atoms with Crippen molar-refractivity contribution in [3.63, 3.8) is 0 Å². The number of carbonyl (C=O) groups excluding carboxylic acids is 2. The number of rotatable bonds is 4. The average Bonchev–Trinajstić information content (AvgIpc) is 2.98. The largest absolute Gasteiger partial charge is 0.339 e. The lowest BCUT2D eigenvalue weighted by atomic mass is 9.91. The second-order valence-electron chi connectivity index (χ2n) is 7.47. The quantitative estimate of drug-likeness (QED) is 0.803. The van der Waals surface area contributed by atoms with Crippen molar-refractivity contribution < 1.29 is 9.59 Å². The minimum absolute atomic E-state index is 0.102. The van der Waals surface area contributed by atoms with Crippen LogP contribution in [0, 0.1) is 12.3 Å². The van der Waals surface area contributed by atoms with Crippen LogP contribution in [-0.2, 0) is 11.3 Å². The van der Waals surface area contributed by atoms with Crippen molar-refractivity contribution in [3.8, 4) is 0 Å². The second kappa shape index (κ2) is 6.78. The zero-order valence-corrected chi connectivity index (χ0v) is 16.7. The van der Waals surface area contributed by atoms with Crippen molar-refractivity contribution in [2.75, 3.05) is 13.1 Å². The number of aromatic nitrogens is 1. The van der Waals surface area contributed by atoms with Gasteiger partial charge in [-0.2, -0.15) is 15.7 Å². The molecule has 2 amide bonds. The summed E-state index contributed by atoms with van der Waals surface area (Å²) in [5, 5.41) is 6.02. The summed E-state index contributed by atoms with van der Waals surface area (Å²) in [4.78, 5) is 28.9. The summed E-state index contributed by atoms with van der Waals surface area (Å²) in [5.74, 6) is 0.251. The van der Waals surface area contributed by atoms with Crippen LogP contribution in [0.15, 0.2) is 22.2 Å². The number of thiophene rings is 1. The zero-order chi connectivity index (χ0) is 18.3. The molecule has 5 nitrogen and oxygen atoms in total. The predicted octanol–water partition coefficient (Wildman–Crippen LogP) is 3.56. The standard InChI is InChI=1S/C19H23N3O2S2/c1-13-16(12-26-20-13)18(24)21-6-4-19(5-7-21)9-17(19)22(14(2)23)10-15-3-8-25-11-15/h3,8,11-12,17H,4-7,9-10H2,1-2H3. The second-order valence-corrected chi connectivity index (χ2v) is 8.88. The van der Waals surface area contributed by atoms with Crippen LogP contribution in [0.25, 0.3) is 0 Å². The monoisotopic (exact) mass is 389 g/mol. The predicted molar refractivity (Wildman–Crippen MR) is 103 cm³/mol. The fourth-order valence-corrected chi connectivity index (χ4v) is 5.49. The molecule has 1 spiro atoms. The summed E-state index contributed by atoms with van der Waals surface area (Å²) in [6.07, 6.45) is 3.03. The van der Waals surface area contributed by atoms with Gasteiger partial charge >= 0.3 is 0 Å². The Morgan fingerprint density at radius 3 is 2.69 bits per heavy atom. The molecule has 138 valence electrons. The van der Waals surface area contributed by atoms with Gasteiger partial charge in [-0.05, 0) is 65.5 Å². The molecular weight excluding hydrogens is 366 g/mol. The van der Waals surface area contributed by atoms with Gasteiger partial charge < -0.3 is 9.80 Å². The van der Waals surface area contributed by atoms with E-state index in [1.165, 1.54) is 17.1 Å². The average molecular weight is 390 g/mol. The highest BCUT2D eigenvalue weighted by atomic mass is 32.1. The van der Waals surface area contributed by atoms with E-state index < -0.39 is 0 Å². The number of nitrogens with zero attached hydrogens (tertiary/aromatic N) is 3. The molecule has 2 aromatic rings. The molecule has 26 heavy (non-hydrogen) atoms. The lowest BCUT2D eigenvalue weighted by molar-refractivity contribution is -0.130. The number of aryl methyl sites for hydroxylation is 1. The maximum atomic E-state index is 12.7. The molecule has 1 atom stereocenters. The van der Waals surface area contributed by atoms with Gasteiger partial charge in [-0.3, -0.25) is 9.59 Å². The fourth-order valence-electron chi connectivity index (χ4n) is 4.15. The lowest BCUT2D eigenvalue weighted by Gasteiger charge is -2.34. The molecule has 1 aliphatic carbocycles. The summed E-state index contributed by atoms with van der Waals surface area (Å²) in [6.45, 7) is 5.81. The molecule has 0 radical (unpaired) electrons. The van der Waals surface area contributed by atoms with Crippen molar-refractivity contribution in [3.05, 3.63) is 39.0 Å². The van der Waals surface area contributed by atoms with Crippen molar-refractivity contribution >= 4 is 34.7 Å². The molecule has 2 aliphatic rings. The molecule has 7 heteroatoms. The lowest BCUT2D eigenvalue weighted by Crippen LogP contribution is -2.42. The minimum atomic E-state index is 0.102. The van der Waals surface area contributed by atoms with Crippen LogP contribution in [-0.4, -0.2) is 45.1 Å². The molecule has 1 aliphatic heterocycles. The summed E-state index contributed by atoms with van der Waals surface area (Å²) in [7, 11) is 0. The molecule has 4 rings (SSSR count). The first-order valence-corrected chi connectivity index (χ1v) is 10.8. The van der Waals surface area contributed by atoms with Crippen LogP contribution >= 0.6 is 22.9 Å². The number of carbonyl (C=O) groups is 2. The van der Waals surface area contributed by atoms with E-state index in [0.29, 0.717) is 12.6 Å². The van der Waals surface area contributed by atoms with Crippen LogP contribution in [0.1, 0.15) is 47.8 Å². The van der Waals surface area contributed by atoms with E-state index in [1.807, 2.05) is 22.1 Å². The first-order chi connectivity index (χ1) is 12.5. The van der Waals surface area contributed by atoms with E-state index in [2.05, 4.69) is 21.2 Å². The third-order valence-corrected chi connectivity index (χ3v) is 7.34. The molecule has 1 unspecified atom stereocenters. The Balaban J connectivity index is 1.39. The van der Waals surface area contributed by atoms with Gasteiger partial charge in [0.1, 0.15) is 0 Å². The number of piperidine rings is 1. The topological polar surface area (TPSA) is 53.5 Å². The van der Waals surface area contributed by atoms with Gasteiger partial charge in [-0.1, -0.05) is 0 Å². The Hall–Kier alpha value is -1.73. The highest BCUT2D eigenvalue weighted by molar-refractivity contribution is 7.08. The van der Waals surface area contributed by atoms with Crippen LogP contribution in [0.2, 0.25) is 0 Å². The van der Waals surface area contributed by atoms with Crippen LogP contribution in [0.5, 0.6) is 0 Å². The first-order valence-electron chi connectivity index (χ1n) is 8.99. The Morgan fingerprint density at radius 2 is 2.12 bits per heavy atom. The summed E-state index contributed by atoms with van der Waals surface area (Å²) < 4.78 is 4.21. The first kappa shape index (κ1) is 17.7. The van der Waals surface area contributed by atoms with Crippen molar-refractivity contribution in [2.24, 2.45) is 5.41 Å². The van der Waals surface area contributed by atoms with E-state index in [9.17, 15) is 9.59 Å². The molecular formula is C19H23N3O2S2. The van der Waals surface area contributed by atoms with Crippen molar-refractivity contribution in [1.29, 1.82) is 0 Å². The summed E-state index contributed by atoms with van der Waals surface area (Å²) >= 11 is 3.01. The molecule has 1 saturated heterocycles. The third kappa shape index (κ3) is 3.18. The van der Waals surface area contributed by atoms with Crippen LogP contribution in [0.4, 0.5) is 0 Å². The van der Waals surface area contributed by atoms with Gasteiger partial charge in [0.05, 0.1) is 11.3 Å². The van der Waals surface area contributed by atoms with E-state index >= 15 is 0 Å². The molecule has 0 bridgehead atoms. The molecule has 2 fully saturated rings. The van der Waals surface area contributed by atoms with E-state index in [1.54, 1.807) is 18.3 Å². The molecule has 3 heterocycles. The molecule has 2 aromatic heterocycles. The van der Waals surface area contributed by atoms with E-state index in [4.69, 9.17) is 0 Å². The Morgan fingerprint density at radius 1 is 1.35 bits per heavy atom. The smallest absolute Gasteiger partial charge is 0.256 e. The van der Waals surface area contributed by atoms with Crippen LogP contribution in [0.3, 0.4) is 0 Å². The van der Waals surface area contributed by atoms with Gasteiger partial charge in [0, 0.05) is 38.0 Å². The van der Waals surface area contributed by atoms with Crippen molar-refractivity contribution in [2.45, 2.75) is 45.7 Å². The third-order valence-electron chi connectivity index (χ3n) is 5.89. The maximum absolute atomic E-state index is 12.7. The molecule has 0 N–H and O–H groups in total. The number of amides is 2. The number of likely N-dealkylation sites (tertiary alicyclic amines) is 1. The van der Waals surface area contributed by atoms with Crippen molar-refractivity contribution in [1.82, 2.24) is 14.2 Å². The highest BCUT2D eigenvalue weighted by Gasteiger charge is 2.58. The van der Waals surface area contributed by atoms with Gasteiger partial charge in [0.25, 0.3) is 5.91 Å². The Kier molecular flexibility index (Phi) is 4.61. The SMILES string of the molecule is CC(=O)N(Cc1ccsc1)C1CC12CCN(C(=O)c1csnc1C)CC2. The highest BCUT2D eigenvalue weighted by Crippen LogP contribution is 2.57. The number of hydrogen-bond acceptors (Lipinski definition) is 5. The van der Waals surface area contributed by atoms with Crippen LogP contribution < -0.4 is 0 Å². The van der Waals surface area contributed by atoms with Gasteiger partial charge in [-0.15, -0.1) is 0 Å². The minimum Gasteiger partial charge on any atom is -0.339 e. The fraction of sp³-hybridized carbons (Fsp3) is 0.526. The number of hydrogen-bond donors (Lipinski definition) is 0. The van der Waals surface area contributed by atoms with Gasteiger partial charge in [0.2, 0.25) is 5.91 Å². The van der Waals surface area contributed by atoms with Gasteiger partial charge in [-0.25, -0.2) is 0 Å². The zero-order valence-electron chi connectivity index (χ0n) is 15.1. The van der Waals surface area contributed by atoms with Gasteiger partial charge in [0.15, 0.2) is 0 Å². The van der Waals surface area contributed by atoms with E-state index in [-0.39, 0.29) is 17.2 Å². The summed E-state index contributed by atoms with van der Waals surface area (Å²) in [6, 6.07) is 2.41. The normalized spacial score (nSPS) is 21.0. The Labute approximate surface area is 161 Å². The molecule has 0 aromatic carbocycles. The van der Waals surface area contributed by atoms with E-state index in [0.717, 1.165) is 43.6 Å². The summed E-state index contributed by atoms with van der Waals surface area (Å²) in [5.41, 5.74) is 2.98.